The maximum atomic E-state index is 12.2. The summed E-state index contributed by atoms with van der Waals surface area (Å²) in [6.07, 6.45) is -5.06. The van der Waals surface area contributed by atoms with E-state index in [4.69, 9.17) is 4.74 Å². The van der Waals surface area contributed by atoms with Crippen molar-refractivity contribution in [3.8, 4) is 0 Å². The lowest BCUT2D eigenvalue weighted by molar-refractivity contribution is -0.132. The molecule has 5 nitrogen and oxygen atoms in total. The Morgan fingerprint density at radius 2 is 1.81 bits per heavy atom. The third-order valence-electron chi connectivity index (χ3n) is 3.99. The van der Waals surface area contributed by atoms with Crippen LogP contribution in [0.2, 0.25) is 0 Å². The van der Waals surface area contributed by atoms with Crippen molar-refractivity contribution in [3.05, 3.63) is 35.4 Å². The topological polar surface area (TPSA) is 48.9 Å². The van der Waals surface area contributed by atoms with Gasteiger partial charge in [-0.3, -0.25) is 9.89 Å². The van der Waals surface area contributed by atoms with Gasteiger partial charge in [-0.2, -0.15) is 13.2 Å². The molecular formula is C17H26F3IN4O. The summed E-state index contributed by atoms with van der Waals surface area (Å²) in [6, 6.07) is 8.05. The van der Waals surface area contributed by atoms with Crippen molar-refractivity contribution in [3.63, 3.8) is 0 Å². The average Bonchev–Trinajstić information content (AvgIpc) is 2.59. The first-order chi connectivity index (χ1) is 12.0. The number of hydrogen-bond acceptors (Lipinski definition) is 3. The van der Waals surface area contributed by atoms with Gasteiger partial charge in [0.2, 0.25) is 0 Å². The molecule has 148 valence electrons. The van der Waals surface area contributed by atoms with Crippen molar-refractivity contribution >= 4 is 29.9 Å². The number of benzene rings is 1. The number of alkyl halides is 3. The second kappa shape index (κ2) is 11.6. The van der Waals surface area contributed by atoms with E-state index in [1.54, 1.807) is 7.05 Å². The van der Waals surface area contributed by atoms with Gasteiger partial charge in [0.1, 0.15) is 0 Å². The number of nitrogens with zero attached hydrogens (tertiary/aromatic N) is 2. The molecule has 1 aliphatic heterocycles. The standard InChI is InChI=1S/C17H25F3N4O.HI/c1-21-16(22-7-6-17(18,19)20)23-12-14-4-2-3-5-15(14)13-24-8-10-25-11-9-24;/h2-5H,6-13H2,1H3,(H2,21,22,23);1H. The second-order valence-corrected chi connectivity index (χ2v) is 5.87. The molecule has 1 aliphatic rings. The van der Waals surface area contributed by atoms with Gasteiger partial charge in [0, 0.05) is 39.8 Å². The molecule has 0 unspecified atom stereocenters. The van der Waals surface area contributed by atoms with E-state index in [0.717, 1.165) is 38.4 Å². The number of ether oxygens (including phenoxy) is 1. The summed E-state index contributed by atoms with van der Waals surface area (Å²) in [5, 5.41) is 5.77. The van der Waals surface area contributed by atoms with Gasteiger partial charge in [-0.05, 0) is 11.1 Å². The molecule has 2 rings (SSSR count). The molecule has 2 N–H and O–H groups in total. The minimum atomic E-state index is -4.17. The number of guanidine groups is 1. The first-order valence-corrected chi connectivity index (χ1v) is 8.36. The molecule has 0 atom stereocenters. The highest BCUT2D eigenvalue weighted by molar-refractivity contribution is 14.0. The summed E-state index contributed by atoms with van der Waals surface area (Å²) in [6.45, 7) is 4.45. The predicted octanol–water partition coefficient (Wildman–Crippen LogP) is 2.75. The van der Waals surface area contributed by atoms with Gasteiger partial charge < -0.3 is 15.4 Å². The van der Waals surface area contributed by atoms with E-state index in [1.807, 2.05) is 18.2 Å². The Morgan fingerprint density at radius 1 is 1.15 bits per heavy atom. The Labute approximate surface area is 169 Å². The molecule has 9 heteroatoms. The third-order valence-corrected chi connectivity index (χ3v) is 3.99. The largest absolute Gasteiger partial charge is 0.390 e. The van der Waals surface area contributed by atoms with Crippen LogP contribution in [-0.4, -0.2) is 56.9 Å². The van der Waals surface area contributed by atoms with E-state index in [1.165, 1.54) is 5.56 Å². The minimum Gasteiger partial charge on any atom is -0.379 e. The van der Waals surface area contributed by atoms with E-state index < -0.39 is 12.6 Å². The number of halogens is 4. The lowest BCUT2D eigenvalue weighted by atomic mass is 10.1. The molecule has 0 saturated carbocycles. The van der Waals surface area contributed by atoms with Crippen LogP contribution in [0.4, 0.5) is 13.2 Å². The van der Waals surface area contributed by atoms with Crippen LogP contribution in [0.15, 0.2) is 29.3 Å². The summed E-state index contributed by atoms with van der Waals surface area (Å²) < 4.78 is 42.0. The average molecular weight is 486 g/mol. The summed E-state index contributed by atoms with van der Waals surface area (Å²) in [5.74, 6) is 0.366. The summed E-state index contributed by atoms with van der Waals surface area (Å²) in [4.78, 5) is 6.30. The molecule has 1 saturated heterocycles. The monoisotopic (exact) mass is 486 g/mol. The van der Waals surface area contributed by atoms with Crippen LogP contribution in [0.5, 0.6) is 0 Å². The Balaban J connectivity index is 0.00000338. The fraction of sp³-hybridized carbons (Fsp3) is 0.588. The van der Waals surface area contributed by atoms with E-state index in [0.29, 0.717) is 12.5 Å². The zero-order chi connectivity index (χ0) is 18.1. The van der Waals surface area contributed by atoms with Gasteiger partial charge in [0.25, 0.3) is 0 Å². The number of rotatable bonds is 6. The quantitative estimate of drug-likeness (QED) is 0.369. The highest BCUT2D eigenvalue weighted by Gasteiger charge is 2.26. The minimum absolute atomic E-state index is 0. The van der Waals surface area contributed by atoms with E-state index in [2.05, 4.69) is 26.6 Å². The van der Waals surface area contributed by atoms with E-state index >= 15 is 0 Å². The molecule has 1 aromatic rings. The number of hydrogen-bond donors (Lipinski definition) is 2. The predicted molar refractivity (Wildman–Crippen MR) is 107 cm³/mol. The van der Waals surface area contributed by atoms with Crippen LogP contribution in [0.1, 0.15) is 17.5 Å². The van der Waals surface area contributed by atoms with Gasteiger partial charge in [0.05, 0.1) is 19.6 Å². The van der Waals surface area contributed by atoms with E-state index in [9.17, 15) is 13.2 Å². The number of nitrogens with one attached hydrogen (secondary N) is 2. The van der Waals surface area contributed by atoms with Crippen molar-refractivity contribution in [2.24, 2.45) is 4.99 Å². The fourth-order valence-electron chi connectivity index (χ4n) is 2.61. The van der Waals surface area contributed by atoms with Crippen LogP contribution >= 0.6 is 24.0 Å². The highest BCUT2D eigenvalue weighted by Crippen LogP contribution is 2.18. The van der Waals surface area contributed by atoms with Crippen molar-refractivity contribution in [1.82, 2.24) is 15.5 Å². The van der Waals surface area contributed by atoms with Gasteiger partial charge in [-0.15, -0.1) is 24.0 Å². The van der Waals surface area contributed by atoms with Crippen molar-refractivity contribution in [1.29, 1.82) is 0 Å². The molecule has 0 aromatic heterocycles. The molecule has 0 amide bonds. The van der Waals surface area contributed by atoms with Gasteiger partial charge >= 0.3 is 6.18 Å². The SMILES string of the molecule is CN=C(NCCC(F)(F)F)NCc1ccccc1CN1CCOCC1.I. The molecule has 26 heavy (non-hydrogen) atoms. The fourth-order valence-corrected chi connectivity index (χ4v) is 2.61. The molecule has 0 radical (unpaired) electrons. The summed E-state index contributed by atoms with van der Waals surface area (Å²) in [7, 11) is 1.54. The van der Waals surface area contributed by atoms with Gasteiger partial charge in [0.15, 0.2) is 5.96 Å². The summed E-state index contributed by atoms with van der Waals surface area (Å²) in [5.41, 5.74) is 2.30. The molecular weight excluding hydrogens is 460 g/mol. The normalized spacial score (nSPS) is 16.1. The molecule has 0 bridgehead atoms. The van der Waals surface area contributed by atoms with Gasteiger partial charge in [-0.1, -0.05) is 24.3 Å². The Kier molecular flexibility index (Phi) is 10.3. The third kappa shape index (κ3) is 8.54. The molecule has 0 spiro atoms. The molecule has 1 fully saturated rings. The van der Waals surface area contributed by atoms with Gasteiger partial charge in [-0.25, -0.2) is 0 Å². The highest BCUT2D eigenvalue weighted by atomic mass is 127. The first kappa shape index (κ1) is 23.0. The maximum Gasteiger partial charge on any atom is 0.390 e. The lowest BCUT2D eigenvalue weighted by Crippen LogP contribution is -2.39. The number of morpholine rings is 1. The zero-order valence-corrected chi connectivity index (χ0v) is 17.1. The van der Waals surface area contributed by atoms with E-state index in [-0.39, 0.29) is 30.5 Å². The second-order valence-electron chi connectivity index (χ2n) is 5.87. The smallest absolute Gasteiger partial charge is 0.379 e. The van der Waals surface area contributed by atoms with Crippen LogP contribution in [0.25, 0.3) is 0 Å². The van der Waals surface area contributed by atoms with Crippen molar-refractivity contribution in [2.45, 2.75) is 25.7 Å². The van der Waals surface area contributed by atoms with Crippen LogP contribution in [-0.2, 0) is 17.8 Å². The van der Waals surface area contributed by atoms with Crippen LogP contribution in [0, 0.1) is 0 Å². The zero-order valence-electron chi connectivity index (χ0n) is 14.8. The van der Waals surface area contributed by atoms with Crippen LogP contribution < -0.4 is 10.6 Å². The maximum absolute atomic E-state index is 12.2. The lowest BCUT2D eigenvalue weighted by Gasteiger charge is -2.27. The summed E-state index contributed by atoms with van der Waals surface area (Å²) >= 11 is 0. The van der Waals surface area contributed by atoms with Crippen molar-refractivity contribution in [2.75, 3.05) is 39.9 Å². The Morgan fingerprint density at radius 3 is 2.42 bits per heavy atom. The molecule has 0 aliphatic carbocycles. The Hall–Kier alpha value is -1.07. The molecule has 1 aromatic carbocycles. The van der Waals surface area contributed by atoms with Crippen LogP contribution in [0.3, 0.4) is 0 Å². The molecule has 1 heterocycles. The van der Waals surface area contributed by atoms with Crippen molar-refractivity contribution < 1.29 is 17.9 Å². The Bertz CT molecular complexity index is 563. The first-order valence-electron chi connectivity index (χ1n) is 8.36. The number of aliphatic imine (C=N–C) groups is 1.